The van der Waals surface area contributed by atoms with Crippen LogP contribution in [-0.2, 0) is 11.3 Å². The highest BCUT2D eigenvalue weighted by Crippen LogP contribution is 2.23. The van der Waals surface area contributed by atoms with Gasteiger partial charge >= 0.3 is 5.97 Å². The second kappa shape index (κ2) is 3.70. The normalized spacial score (nSPS) is 10.8. The van der Waals surface area contributed by atoms with Gasteiger partial charge in [0.25, 0.3) is 0 Å². The fourth-order valence-corrected chi connectivity index (χ4v) is 2.10. The highest BCUT2D eigenvalue weighted by Gasteiger charge is 2.08. The summed E-state index contributed by atoms with van der Waals surface area (Å²) in [5.74, 6) is -0.821. The zero-order chi connectivity index (χ0) is 11.0. The Kier molecular flexibility index (Phi) is 2.52. The van der Waals surface area contributed by atoms with Crippen LogP contribution in [0.2, 0.25) is 0 Å². The van der Waals surface area contributed by atoms with Crippen molar-refractivity contribution in [3.05, 3.63) is 34.4 Å². The predicted molar refractivity (Wildman–Crippen MR) is 62.0 cm³/mol. The molecule has 0 aliphatic heterocycles. The topological polar surface area (TPSA) is 42.2 Å². The van der Waals surface area contributed by atoms with Gasteiger partial charge in [-0.2, -0.15) is 0 Å². The van der Waals surface area contributed by atoms with E-state index in [4.69, 9.17) is 5.11 Å². The zero-order valence-corrected chi connectivity index (χ0v) is 9.78. The molecule has 0 amide bonds. The number of halogens is 1. The van der Waals surface area contributed by atoms with Crippen molar-refractivity contribution in [1.29, 1.82) is 0 Å². The molecule has 0 atom stereocenters. The highest BCUT2D eigenvalue weighted by molar-refractivity contribution is 9.10. The Morgan fingerprint density at radius 2 is 2.20 bits per heavy atom. The summed E-state index contributed by atoms with van der Waals surface area (Å²) >= 11 is 3.39. The van der Waals surface area contributed by atoms with E-state index in [-0.39, 0.29) is 6.54 Å². The highest BCUT2D eigenvalue weighted by atomic mass is 79.9. The Balaban J connectivity index is 2.63. The van der Waals surface area contributed by atoms with Gasteiger partial charge in [-0.3, -0.25) is 4.79 Å². The molecule has 3 nitrogen and oxygen atoms in total. The van der Waals surface area contributed by atoms with Crippen molar-refractivity contribution in [1.82, 2.24) is 4.57 Å². The molecule has 0 aliphatic rings. The minimum Gasteiger partial charge on any atom is -0.480 e. The summed E-state index contributed by atoms with van der Waals surface area (Å²) in [4.78, 5) is 10.7. The third kappa shape index (κ3) is 1.90. The van der Waals surface area contributed by atoms with Gasteiger partial charge in [-0.05, 0) is 31.2 Å². The fourth-order valence-electron chi connectivity index (χ4n) is 1.72. The summed E-state index contributed by atoms with van der Waals surface area (Å²) in [6.07, 6.45) is 0. The van der Waals surface area contributed by atoms with Gasteiger partial charge in [0.2, 0.25) is 0 Å². The van der Waals surface area contributed by atoms with Crippen molar-refractivity contribution < 1.29 is 9.90 Å². The Morgan fingerprint density at radius 1 is 1.47 bits per heavy atom. The number of aliphatic carboxylic acids is 1. The van der Waals surface area contributed by atoms with Crippen molar-refractivity contribution in [2.75, 3.05) is 0 Å². The molecule has 2 aromatic rings. The molecule has 0 radical (unpaired) electrons. The molecular weight excluding hydrogens is 258 g/mol. The first-order valence-corrected chi connectivity index (χ1v) is 5.34. The molecule has 0 fully saturated rings. The van der Waals surface area contributed by atoms with Gasteiger partial charge < -0.3 is 9.67 Å². The van der Waals surface area contributed by atoms with Crippen LogP contribution in [0.1, 0.15) is 5.69 Å². The molecule has 4 heteroatoms. The number of aromatic nitrogens is 1. The average molecular weight is 268 g/mol. The zero-order valence-electron chi connectivity index (χ0n) is 8.20. The van der Waals surface area contributed by atoms with Crippen molar-refractivity contribution in [3.8, 4) is 0 Å². The maximum absolute atomic E-state index is 10.7. The first-order chi connectivity index (χ1) is 7.08. The van der Waals surface area contributed by atoms with E-state index < -0.39 is 5.97 Å². The van der Waals surface area contributed by atoms with E-state index in [0.717, 1.165) is 21.1 Å². The monoisotopic (exact) mass is 267 g/mol. The van der Waals surface area contributed by atoms with E-state index in [9.17, 15) is 4.79 Å². The maximum atomic E-state index is 10.7. The SMILES string of the molecule is Cc1cc2cc(Br)ccc2n1CC(=O)O. The number of hydrogen-bond acceptors (Lipinski definition) is 1. The number of aryl methyl sites for hydroxylation is 1. The van der Waals surface area contributed by atoms with Gasteiger partial charge in [-0.15, -0.1) is 0 Å². The molecule has 0 saturated carbocycles. The van der Waals surface area contributed by atoms with Crippen LogP contribution in [0.3, 0.4) is 0 Å². The van der Waals surface area contributed by atoms with Gasteiger partial charge in [-0.25, -0.2) is 0 Å². The molecule has 2 rings (SSSR count). The second-order valence-corrected chi connectivity index (χ2v) is 4.38. The first kappa shape index (κ1) is 10.2. The second-order valence-electron chi connectivity index (χ2n) is 3.47. The van der Waals surface area contributed by atoms with Crippen molar-refractivity contribution in [2.45, 2.75) is 13.5 Å². The molecule has 1 aromatic carbocycles. The summed E-state index contributed by atoms with van der Waals surface area (Å²) in [5, 5.41) is 9.85. The lowest BCUT2D eigenvalue weighted by Gasteiger charge is -2.03. The Labute approximate surface area is 95.5 Å². The molecule has 0 saturated heterocycles. The van der Waals surface area contributed by atoms with Crippen LogP contribution < -0.4 is 0 Å². The van der Waals surface area contributed by atoms with Crippen LogP contribution in [0.5, 0.6) is 0 Å². The third-order valence-electron chi connectivity index (χ3n) is 2.36. The van der Waals surface area contributed by atoms with Gasteiger partial charge in [0.05, 0.1) is 0 Å². The Morgan fingerprint density at radius 3 is 2.87 bits per heavy atom. The minimum absolute atomic E-state index is 0.0109. The summed E-state index contributed by atoms with van der Waals surface area (Å²) in [7, 11) is 0. The van der Waals surface area contributed by atoms with Gasteiger partial charge in [0.15, 0.2) is 0 Å². The largest absolute Gasteiger partial charge is 0.480 e. The number of rotatable bonds is 2. The van der Waals surface area contributed by atoms with Crippen LogP contribution in [0.15, 0.2) is 28.7 Å². The van der Waals surface area contributed by atoms with Crippen LogP contribution in [0.4, 0.5) is 0 Å². The van der Waals surface area contributed by atoms with Gasteiger partial charge in [-0.1, -0.05) is 15.9 Å². The number of hydrogen-bond donors (Lipinski definition) is 1. The lowest BCUT2D eigenvalue weighted by molar-refractivity contribution is -0.137. The number of carboxylic acids is 1. The Bertz CT molecular complexity index is 531. The standard InChI is InChI=1S/C11H10BrNO2/c1-7-4-8-5-9(12)2-3-10(8)13(7)6-11(14)15/h2-5H,6H2,1H3,(H,14,15). The molecule has 1 N–H and O–H groups in total. The van der Waals surface area contributed by atoms with Crippen molar-refractivity contribution in [3.63, 3.8) is 0 Å². The average Bonchev–Trinajstić information content (AvgIpc) is 2.41. The summed E-state index contributed by atoms with van der Waals surface area (Å²) in [5.41, 5.74) is 1.92. The molecule has 0 spiro atoms. The van der Waals surface area contributed by atoms with Gasteiger partial charge in [0, 0.05) is 21.1 Å². The molecule has 1 aromatic heterocycles. The molecule has 0 unspecified atom stereocenters. The molecule has 15 heavy (non-hydrogen) atoms. The summed E-state index contributed by atoms with van der Waals surface area (Å²) in [6.45, 7) is 1.92. The summed E-state index contributed by atoms with van der Waals surface area (Å²) in [6, 6.07) is 7.82. The molecular formula is C11H10BrNO2. The number of benzene rings is 1. The number of carbonyl (C=O) groups is 1. The fraction of sp³-hybridized carbons (Fsp3) is 0.182. The van der Waals surface area contributed by atoms with E-state index >= 15 is 0 Å². The minimum atomic E-state index is -0.821. The van der Waals surface area contributed by atoms with Gasteiger partial charge in [0.1, 0.15) is 6.54 Å². The maximum Gasteiger partial charge on any atom is 0.323 e. The lowest BCUT2D eigenvalue weighted by atomic mass is 10.2. The predicted octanol–water partition coefficient (Wildman–Crippen LogP) is 2.80. The molecule has 78 valence electrons. The molecule has 0 aliphatic carbocycles. The number of carboxylic acid groups (broad SMARTS) is 1. The smallest absolute Gasteiger partial charge is 0.323 e. The van der Waals surface area contributed by atoms with E-state index in [1.807, 2.05) is 31.2 Å². The van der Waals surface area contributed by atoms with Crippen molar-refractivity contribution in [2.24, 2.45) is 0 Å². The lowest BCUT2D eigenvalue weighted by Crippen LogP contribution is -2.09. The van der Waals surface area contributed by atoms with E-state index in [1.54, 1.807) is 4.57 Å². The number of fused-ring (bicyclic) bond motifs is 1. The summed E-state index contributed by atoms with van der Waals surface area (Å²) < 4.78 is 2.80. The van der Waals surface area contributed by atoms with Crippen molar-refractivity contribution >= 4 is 32.8 Å². The van der Waals surface area contributed by atoms with E-state index in [2.05, 4.69) is 15.9 Å². The Hall–Kier alpha value is -1.29. The number of nitrogens with zero attached hydrogens (tertiary/aromatic N) is 1. The van der Waals surface area contributed by atoms with Crippen LogP contribution in [0.25, 0.3) is 10.9 Å². The van der Waals surface area contributed by atoms with Crippen LogP contribution in [0, 0.1) is 6.92 Å². The van der Waals surface area contributed by atoms with E-state index in [0.29, 0.717) is 0 Å². The molecule has 0 bridgehead atoms. The third-order valence-corrected chi connectivity index (χ3v) is 2.86. The van der Waals surface area contributed by atoms with Crippen LogP contribution >= 0.6 is 15.9 Å². The quantitative estimate of drug-likeness (QED) is 0.909. The first-order valence-electron chi connectivity index (χ1n) is 4.55. The molecule has 1 heterocycles. The van der Waals surface area contributed by atoms with Crippen LogP contribution in [-0.4, -0.2) is 15.6 Å². The van der Waals surface area contributed by atoms with E-state index in [1.165, 1.54) is 0 Å².